The number of nitrogens with zero attached hydrogens (tertiary/aromatic N) is 3. The molecule has 1 saturated heterocycles. The molecule has 2 aromatic rings. The monoisotopic (exact) mass is 563 g/mol. The van der Waals surface area contributed by atoms with Crippen molar-refractivity contribution in [2.75, 3.05) is 25.0 Å². The molecule has 1 unspecified atom stereocenters. The van der Waals surface area contributed by atoms with Gasteiger partial charge < -0.3 is 25.7 Å². The summed E-state index contributed by atoms with van der Waals surface area (Å²) in [6, 6.07) is 9.13. The Morgan fingerprint density at radius 3 is 2.74 bits per heavy atom. The van der Waals surface area contributed by atoms with Gasteiger partial charge in [-0.2, -0.15) is 14.0 Å². The Labute approximate surface area is 229 Å². The first-order chi connectivity index (χ1) is 18.6. The Kier molecular flexibility index (Phi) is 10.5. The molecule has 1 aliphatic rings. The van der Waals surface area contributed by atoms with Crippen LogP contribution in [0.2, 0.25) is 5.02 Å². The van der Waals surface area contributed by atoms with E-state index in [4.69, 9.17) is 17.0 Å². The van der Waals surface area contributed by atoms with Crippen molar-refractivity contribution in [3.05, 3.63) is 58.6 Å². The van der Waals surface area contributed by atoms with E-state index in [1.54, 1.807) is 44.3 Å². The Balaban J connectivity index is 1.92. The van der Waals surface area contributed by atoms with Gasteiger partial charge in [0, 0.05) is 36.3 Å². The highest BCUT2D eigenvalue weighted by molar-refractivity contribution is 6.31. The van der Waals surface area contributed by atoms with E-state index in [-0.39, 0.29) is 49.4 Å². The number of aliphatic imine (C=N–C) groups is 1. The molecule has 0 bridgehead atoms. The number of halogens is 4. The molecule has 3 rings (SSSR count). The van der Waals surface area contributed by atoms with Gasteiger partial charge in [0.1, 0.15) is 11.9 Å². The van der Waals surface area contributed by atoms with Gasteiger partial charge in [-0.1, -0.05) is 23.7 Å². The number of likely N-dealkylation sites (N-methyl/N-ethyl adjacent to an activating group) is 1. The number of alkyl halides is 3. The number of nitrogens with one attached hydrogen (secondary N) is 4. The number of anilines is 1. The van der Waals surface area contributed by atoms with E-state index in [1.807, 2.05) is 0 Å². The molecule has 0 aromatic heterocycles. The minimum atomic E-state index is -3.01. The number of rotatable bonds is 10. The van der Waals surface area contributed by atoms with Crippen molar-refractivity contribution >= 4 is 34.9 Å². The van der Waals surface area contributed by atoms with Crippen LogP contribution < -0.4 is 20.7 Å². The summed E-state index contributed by atoms with van der Waals surface area (Å²) in [6.45, 7) is 0.676. The van der Waals surface area contributed by atoms with Crippen molar-refractivity contribution in [3.8, 4) is 11.9 Å². The average molecular weight is 564 g/mol. The number of hydrogen-bond donors (Lipinski definition) is 4. The largest absolute Gasteiger partial charge is 0.435 e. The number of nitriles is 1. The van der Waals surface area contributed by atoms with Crippen LogP contribution in [0.25, 0.3) is 0 Å². The number of guanidine groups is 1. The van der Waals surface area contributed by atoms with Gasteiger partial charge in [-0.05, 0) is 49.2 Å². The molecule has 3 atom stereocenters. The fraction of sp³-hybridized carbons (Fsp3) is 0.385. The summed E-state index contributed by atoms with van der Waals surface area (Å²) in [5.74, 6) is -0.502. The Bertz CT molecular complexity index is 1250. The fourth-order valence-corrected chi connectivity index (χ4v) is 4.31. The number of ether oxygens (including phenoxy) is 1. The lowest BCUT2D eigenvalue weighted by Crippen LogP contribution is -2.52. The molecule has 1 amide bonds. The minimum Gasteiger partial charge on any atom is -0.435 e. The van der Waals surface area contributed by atoms with Crippen molar-refractivity contribution < 1.29 is 22.7 Å². The van der Waals surface area contributed by atoms with E-state index in [1.165, 1.54) is 23.1 Å². The second-order valence-corrected chi connectivity index (χ2v) is 9.18. The van der Waals surface area contributed by atoms with Gasteiger partial charge in [-0.15, -0.1) is 0 Å². The molecule has 2 aromatic carbocycles. The van der Waals surface area contributed by atoms with E-state index in [0.29, 0.717) is 16.3 Å². The summed E-state index contributed by atoms with van der Waals surface area (Å²) >= 11 is 6.16. The maximum atomic E-state index is 13.8. The van der Waals surface area contributed by atoms with Crippen molar-refractivity contribution in [1.29, 1.82) is 10.7 Å². The van der Waals surface area contributed by atoms with Crippen LogP contribution in [0.5, 0.6) is 5.75 Å². The predicted molar refractivity (Wildman–Crippen MR) is 143 cm³/mol. The molecule has 1 aliphatic heterocycles. The summed E-state index contributed by atoms with van der Waals surface area (Å²) < 4.78 is 43.5. The van der Waals surface area contributed by atoms with Crippen molar-refractivity contribution in [1.82, 2.24) is 15.5 Å². The van der Waals surface area contributed by atoms with E-state index in [2.05, 4.69) is 25.7 Å². The lowest BCUT2D eigenvalue weighted by atomic mass is 9.99. The number of benzene rings is 2. The van der Waals surface area contributed by atoms with Crippen molar-refractivity contribution in [3.63, 3.8) is 0 Å². The van der Waals surface area contributed by atoms with E-state index in [9.17, 15) is 23.2 Å². The first-order valence-corrected chi connectivity index (χ1v) is 12.5. The van der Waals surface area contributed by atoms with E-state index >= 15 is 0 Å². The molecule has 39 heavy (non-hydrogen) atoms. The predicted octanol–water partition coefficient (Wildman–Crippen LogP) is 4.07. The van der Waals surface area contributed by atoms with Crippen LogP contribution in [-0.2, 0) is 4.79 Å². The van der Waals surface area contributed by atoms with Crippen LogP contribution in [-0.4, -0.2) is 67.0 Å². The first-order valence-electron chi connectivity index (χ1n) is 12.2. The highest BCUT2D eigenvalue weighted by atomic mass is 35.5. The summed E-state index contributed by atoms with van der Waals surface area (Å²) in [4.78, 5) is 19.2. The number of carbonyl (C=O) groups excluding carboxylic acids is 1. The van der Waals surface area contributed by atoms with E-state index in [0.717, 1.165) is 5.56 Å². The second kappa shape index (κ2) is 13.8. The third kappa shape index (κ3) is 8.08. The van der Waals surface area contributed by atoms with Crippen LogP contribution in [0.1, 0.15) is 24.5 Å². The summed E-state index contributed by atoms with van der Waals surface area (Å²) in [5, 5.41) is 26.8. The average Bonchev–Trinajstić information content (AvgIpc) is 3.33. The summed E-state index contributed by atoms with van der Waals surface area (Å²) in [6.07, 6.45) is 0.635. The number of aryl methyl sites for hydroxylation is 1. The van der Waals surface area contributed by atoms with Gasteiger partial charge in [0.25, 0.3) is 0 Å². The molecule has 9 nitrogen and oxygen atoms in total. The fourth-order valence-electron chi connectivity index (χ4n) is 4.19. The van der Waals surface area contributed by atoms with Gasteiger partial charge >= 0.3 is 6.61 Å². The molecule has 208 valence electrons. The van der Waals surface area contributed by atoms with Gasteiger partial charge in [-0.25, -0.2) is 9.38 Å². The molecule has 0 saturated carbocycles. The van der Waals surface area contributed by atoms with Crippen LogP contribution >= 0.6 is 11.6 Å². The Hall–Kier alpha value is -3.82. The van der Waals surface area contributed by atoms with E-state index < -0.39 is 24.9 Å². The summed E-state index contributed by atoms with van der Waals surface area (Å²) in [7, 11) is 0. The minimum absolute atomic E-state index is 0.0263. The molecule has 13 heteroatoms. The van der Waals surface area contributed by atoms with Gasteiger partial charge in [-0.3, -0.25) is 10.1 Å². The van der Waals surface area contributed by atoms with Crippen molar-refractivity contribution in [2.45, 2.75) is 45.1 Å². The van der Waals surface area contributed by atoms with Crippen LogP contribution in [0.15, 0.2) is 47.5 Å². The van der Waals surface area contributed by atoms with Crippen LogP contribution in [0.3, 0.4) is 0 Å². The zero-order chi connectivity index (χ0) is 28.5. The Morgan fingerprint density at radius 2 is 2.13 bits per heavy atom. The lowest BCUT2D eigenvalue weighted by molar-refractivity contribution is -0.133. The highest BCUT2D eigenvalue weighted by Gasteiger charge is 2.36. The normalized spacial score (nSPS) is 17.8. The molecule has 0 radical (unpaired) electrons. The zero-order valence-corrected chi connectivity index (χ0v) is 22.1. The zero-order valence-electron chi connectivity index (χ0n) is 21.3. The smallest absolute Gasteiger partial charge is 0.387 e. The van der Waals surface area contributed by atoms with Crippen LogP contribution in [0.4, 0.5) is 18.9 Å². The topological polar surface area (TPSA) is 126 Å². The molecule has 1 fully saturated rings. The van der Waals surface area contributed by atoms with Gasteiger partial charge in [0.2, 0.25) is 11.9 Å². The van der Waals surface area contributed by atoms with Gasteiger partial charge in [0.15, 0.2) is 6.19 Å². The standard InChI is InChI=1S/C26H29ClF3N7O2/c1-3-37(24(38)21-10-17(28)12-33-21)22(23(32)16-7-8-20(27)15(2)9-16)13-34-26(35-14-31)36-18-5-4-6-19(11-18)39-25(29)30/h4-9,11,17,21-22,25,32-33H,3,10,12-13H2,1-2H3,(H2,34,35,36)/t17-,21-,22?/m1/s1. The quantitative estimate of drug-likeness (QED) is 0.149. The maximum Gasteiger partial charge on any atom is 0.387 e. The molecule has 0 aliphatic carbocycles. The number of carbonyl (C=O) groups is 1. The molecular formula is C26H29ClF3N7O2. The molecular weight excluding hydrogens is 535 g/mol. The van der Waals surface area contributed by atoms with Gasteiger partial charge in [0.05, 0.1) is 24.3 Å². The third-order valence-corrected chi connectivity index (χ3v) is 6.52. The molecule has 4 N–H and O–H groups in total. The highest BCUT2D eigenvalue weighted by Crippen LogP contribution is 2.22. The lowest BCUT2D eigenvalue weighted by Gasteiger charge is -2.32. The summed E-state index contributed by atoms with van der Waals surface area (Å²) in [5.41, 5.74) is 1.65. The van der Waals surface area contributed by atoms with Crippen LogP contribution in [0, 0.1) is 23.8 Å². The number of hydrogen-bond acceptors (Lipinski definition) is 6. The first kappa shape index (κ1) is 29.7. The van der Waals surface area contributed by atoms with Crippen molar-refractivity contribution in [2.24, 2.45) is 4.99 Å². The molecule has 0 spiro atoms. The Morgan fingerprint density at radius 1 is 1.36 bits per heavy atom. The second-order valence-electron chi connectivity index (χ2n) is 8.77. The SMILES string of the molecule is CCN(C(=O)[C@H]1C[C@@H](F)CN1)C(CN=C(NC#N)Nc1cccc(OC(F)F)c1)C(=N)c1ccc(Cl)c(C)c1. The molecule has 1 heterocycles. The third-order valence-electron chi connectivity index (χ3n) is 6.10. The number of amides is 1. The maximum absolute atomic E-state index is 13.8.